The first-order valence-electron chi connectivity index (χ1n) is 11.6. The van der Waals surface area contributed by atoms with E-state index in [0.29, 0.717) is 27.9 Å². The molecule has 3 aromatic heterocycles. The summed E-state index contributed by atoms with van der Waals surface area (Å²) in [5.41, 5.74) is 0.951. The van der Waals surface area contributed by atoms with Crippen molar-refractivity contribution in [2.24, 2.45) is 5.92 Å². The largest absolute Gasteiger partial charge is 0.496 e. The van der Waals surface area contributed by atoms with Crippen LogP contribution >= 0.6 is 11.3 Å². The molecule has 1 aromatic carbocycles. The predicted octanol–water partition coefficient (Wildman–Crippen LogP) is 4.51. The van der Waals surface area contributed by atoms with Crippen LogP contribution in [-0.4, -0.2) is 57.5 Å². The molecule has 194 valence electrons. The van der Waals surface area contributed by atoms with Gasteiger partial charge in [-0.3, -0.25) is 14.9 Å². The van der Waals surface area contributed by atoms with E-state index in [0.717, 1.165) is 24.2 Å². The Hall–Kier alpha value is -4.37. The molecule has 0 spiro atoms. The van der Waals surface area contributed by atoms with E-state index < -0.39 is 12.3 Å². The van der Waals surface area contributed by atoms with Crippen molar-refractivity contribution in [2.45, 2.75) is 19.3 Å². The van der Waals surface area contributed by atoms with Gasteiger partial charge in [-0.1, -0.05) is 17.3 Å². The first-order chi connectivity index (χ1) is 18.2. The number of alkyl halides is 2. The second-order valence-electron chi connectivity index (χ2n) is 8.86. The van der Waals surface area contributed by atoms with Gasteiger partial charge in [-0.15, -0.1) is 10.2 Å². The predicted molar refractivity (Wildman–Crippen MR) is 138 cm³/mol. The first kappa shape index (κ1) is 25.3. The van der Waals surface area contributed by atoms with E-state index in [-0.39, 0.29) is 33.4 Å². The van der Waals surface area contributed by atoms with E-state index >= 15 is 0 Å². The quantitative estimate of drug-likeness (QED) is 0.364. The van der Waals surface area contributed by atoms with E-state index in [9.17, 15) is 18.4 Å². The molecule has 1 saturated carbocycles. The van der Waals surface area contributed by atoms with Gasteiger partial charge in [-0.05, 0) is 43.0 Å². The maximum Gasteiger partial charge on any atom is 0.273 e. The highest BCUT2D eigenvalue weighted by Gasteiger charge is 2.23. The summed E-state index contributed by atoms with van der Waals surface area (Å²) in [7, 11) is 4.61. The zero-order valence-corrected chi connectivity index (χ0v) is 21.5. The van der Waals surface area contributed by atoms with Crippen LogP contribution in [0.5, 0.6) is 5.75 Å². The summed E-state index contributed by atoms with van der Waals surface area (Å²) in [6, 6.07) is 5.45. The molecule has 0 atom stereocenters. The standard InChI is InChI=1S/C26H22F2N6O3S/c1-33(2)25(36)19-13-34-12-18(16-10-15(23(27)28)7-8-20(16)37-3)17(11-21(34)29-19)24(35)30-26-32-31-22(38-26)9-6-14-4-5-14/h7-8,10-14,23H,4-5H2,1-3H3,(H,30,32,35). The fourth-order valence-corrected chi connectivity index (χ4v) is 4.32. The number of anilines is 1. The van der Waals surface area contributed by atoms with Crippen LogP contribution in [0.3, 0.4) is 0 Å². The summed E-state index contributed by atoms with van der Waals surface area (Å²) in [6.07, 6.45) is 2.50. The fraction of sp³-hybridized carbons (Fsp3) is 0.269. The molecule has 4 aromatic rings. The van der Waals surface area contributed by atoms with Gasteiger partial charge in [0.1, 0.15) is 17.1 Å². The number of hydrogen-bond donors (Lipinski definition) is 1. The third-order valence-electron chi connectivity index (χ3n) is 5.83. The van der Waals surface area contributed by atoms with Crippen LogP contribution in [-0.2, 0) is 0 Å². The van der Waals surface area contributed by atoms with E-state index in [4.69, 9.17) is 4.74 Å². The number of carbonyl (C=O) groups excluding carboxylic acids is 2. The van der Waals surface area contributed by atoms with Crippen LogP contribution in [0.1, 0.15) is 50.7 Å². The molecule has 12 heteroatoms. The van der Waals surface area contributed by atoms with Crippen LogP contribution in [0, 0.1) is 17.8 Å². The minimum Gasteiger partial charge on any atom is -0.496 e. The number of benzene rings is 1. The fourth-order valence-electron chi connectivity index (χ4n) is 3.72. The molecule has 2 amide bonds. The van der Waals surface area contributed by atoms with Crippen molar-refractivity contribution in [3.63, 3.8) is 0 Å². The Morgan fingerprint density at radius 1 is 1.18 bits per heavy atom. The second-order valence-corrected chi connectivity index (χ2v) is 9.84. The molecule has 1 aliphatic rings. The number of carbonyl (C=O) groups is 2. The third kappa shape index (κ3) is 5.19. The minimum atomic E-state index is -2.73. The SMILES string of the molecule is COc1ccc(C(F)F)cc1-c1cn2cc(C(=O)N(C)C)nc2cc1C(=O)Nc1nnc(C#CC2CC2)s1. The average molecular weight is 537 g/mol. The van der Waals surface area contributed by atoms with Crippen molar-refractivity contribution >= 4 is 33.9 Å². The molecular weight excluding hydrogens is 514 g/mol. The van der Waals surface area contributed by atoms with Crippen molar-refractivity contribution in [3.8, 4) is 28.7 Å². The summed E-state index contributed by atoms with van der Waals surface area (Å²) < 4.78 is 34.2. The summed E-state index contributed by atoms with van der Waals surface area (Å²) in [6.45, 7) is 0. The molecule has 38 heavy (non-hydrogen) atoms. The monoisotopic (exact) mass is 536 g/mol. The lowest BCUT2D eigenvalue weighted by molar-refractivity contribution is 0.0822. The molecule has 1 aliphatic carbocycles. The first-order valence-corrected chi connectivity index (χ1v) is 12.4. The topological polar surface area (TPSA) is 102 Å². The molecule has 5 rings (SSSR count). The molecule has 0 radical (unpaired) electrons. The molecule has 1 fully saturated rings. The van der Waals surface area contributed by atoms with Crippen LogP contribution in [0.2, 0.25) is 0 Å². The highest BCUT2D eigenvalue weighted by atomic mass is 32.1. The number of aromatic nitrogens is 4. The molecule has 0 aliphatic heterocycles. The zero-order chi connectivity index (χ0) is 27.0. The molecule has 9 nitrogen and oxygen atoms in total. The number of methoxy groups -OCH3 is 1. The van der Waals surface area contributed by atoms with Crippen molar-refractivity contribution in [1.29, 1.82) is 0 Å². The van der Waals surface area contributed by atoms with Crippen molar-refractivity contribution in [2.75, 3.05) is 26.5 Å². The number of amides is 2. The van der Waals surface area contributed by atoms with Crippen molar-refractivity contribution in [3.05, 3.63) is 58.5 Å². The van der Waals surface area contributed by atoms with Crippen LogP contribution in [0.4, 0.5) is 13.9 Å². The van der Waals surface area contributed by atoms with Gasteiger partial charge in [0.05, 0.1) is 12.7 Å². The summed E-state index contributed by atoms with van der Waals surface area (Å²) >= 11 is 1.13. The second kappa shape index (κ2) is 10.2. The molecule has 0 unspecified atom stereocenters. The van der Waals surface area contributed by atoms with Gasteiger partial charge in [0.15, 0.2) is 5.01 Å². The number of rotatable bonds is 6. The summed E-state index contributed by atoms with van der Waals surface area (Å²) in [5.74, 6) is 5.86. The minimum absolute atomic E-state index is 0.123. The number of nitrogens with zero attached hydrogens (tertiary/aromatic N) is 5. The number of halogens is 2. The normalized spacial score (nSPS) is 12.8. The number of ether oxygens (including phenoxy) is 1. The molecule has 0 bridgehead atoms. The average Bonchev–Trinajstić information content (AvgIpc) is 3.47. The lowest BCUT2D eigenvalue weighted by Gasteiger charge is -2.15. The van der Waals surface area contributed by atoms with Gasteiger partial charge < -0.3 is 14.0 Å². The maximum absolute atomic E-state index is 13.6. The van der Waals surface area contributed by atoms with Crippen LogP contribution in [0.15, 0.2) is 36.7 Å². The number of nitrogens with one attached hydrogen (secondary N) is 1. The molecule has 3 heterocycles. The summed E-state index contributed by atoms with van der Waals surface area (Å²) in [5, 5.41) is 11.4. The Balaban J connectivity index is 1.60. The van der Waals surface area contributed by atoms with Gasteiger partial charge in [0, 0.05) is 49.1 Å². The molecule has 1 N–H and O–H groups in total. The van der Waals surface area contributed by atoms with Crippen molar-refractivity contribution in [1.82, 2.24) is 24.5 Å². The number of fused-ring (bicyclic) bond motifs is 1. The lowest BCUT2D eigenvalue weighted by Crippen LogP contribution is -2.21. The Bertz CT molecular complexity index is 1610. The van der Waals surface area contributed by atoms with Gasteiger partial charge in [0.2, 0.25) is 5.13 Å². The Labute approximate surface area is 220 Å². The molecular formula is C26H22F2N6O3S. The summed E-state index contributed by atoms with van der Waals surface area (Å²) in [4.78, 5) is 31.7. The van der Waals surface area contributed by atoms with Gasteiger partial charge >= 0.3 is 0 Å². The van der Waals surface area contributed by atoms with E-state index in [1.54, 1.807) is 24.7 Å². The van der Waals surface area contributed by atoms with E-state index in [1.807, 2.05) is 0 Å². The van der Waals surface area contributed by atoms with Crippen LogP contribution < -0.4 is 10.1 Å². The maximum atomic E-state index is 13.6. The van der Waals surface area contributed by atoms with Gasteiger partial charge in [0.25, 0.3) is 18.2 Å². The Morgan fingerprint density at radius 2 is 1.97 bits per heavy atom. The highest BCUT2D eigenvalue weighted by molar-refractivity contribution is 7.15. The Kier molecular flexibility index (Phi) is 6.77. The van der Waals surface area contributed by atoms with Crippen LogP contribution in [0.25, 0.3) is 16.8 Å². The highest BCUT2D eigenvalue weighted by Crippen LogP contribution is 2.36. The molecule has 0 saturated heterocycles. The van der Waals surface area contributed by atoms with Gasteiger partial charge in [-0.2, -0.15) is 0 Å². The van der Waals surface area contributed by atoms with E-state index in [1.165, 1.54) is 42.5 Å². The number of hydrogen-bond acceptors (Lipinski definition) is 7. The smallest absolute Gasteiger partial charge is 0.273 e. The number of pyridine rings is 1. The van der Waals surface area contributed by atoms with Gasteiger partial charge in [-0.25, -0.2) is 13.8 Å². The zero-order valence-electron chi connectivity index (χ0n) is 20.7. The van der Waals surface area contributed by atoms with E-state index in [2.05, 4.69) is 32.3 Å². The Morgan fingerprint density at radius 3 is 2.66 bits per heavy atom. The van der Waals surface area contributed by atoms with Crippen molar-refractivity contribution < 1.29 is 23.1 Å². The third-order valence-corrected chi connectivity index (χ3v) is 6.59. The number of imidazole rings is 1. The lowest BCUT2D eigenvalue weighted by atomic mass is 9.98.